The van der Waals surface area contributed by atoms with Crippen molar-refractivity contribution in [2.75, 3.05) is 0 Å². The van der Waals surface area contributed by atoms with Crippen LogP contribution >= 0.6 is 23.4 Å². The molecule has 1 heterocycles. The molecule has 0 aromatic rings. The van der Waals surface area contributed by atoms with Gasteiger partial charge in [-0.3, -0.25) is 9.52 Å². The zero-order chi connectivity index (χ0) is 9.90. The molecule has 13 heavy (non-hydrogen) atoms. The topological polar surface area (TPSA) is 63.2 Å². The number of halogens is 1. The average molecular weight is 240 g/mol. The van der Waals surface area contributed by atoms with E-state index < -0.39 is 10.0 Å². The number of nitrogens with one attached hydrogen (secondary N) is 1. The number of hydrogen-bond acceptors (Lipinski definition) is 4. The average Bonchev–Trinajstić information content (AvgIpc) is 2.04. The smallest absolute Gasteiger partial charge is 0.269 e. The minimum absolute atomic E-state index is 0.0621. The molecule has 1 aliphatic heterocycles. The second-order valence-electron chi connectivity index (χ2n) is 2.11. The van der Waals surface area contributed by atoms with Crippen molar-refractivity contribution in [2.45, 2.75) is 6.42 Å². The van der Waals surface area contributed by atoms with E-state index in [1.165, 1.54) is 6.08 Å². The predicted molar refractivity (Wildman–Crippen MR) is 52.3 cm³/mol. The van der Waals surface area contributed by atoms with Crippen LogP contribution in [-0.2, 0) is 14.8 Å². The molecule has 0 radical (unpaired) electrons. The second kappa shape index (κ2) is 4.17. The normalized spacial score (nSPS) is 17.3. The zero-order valence-corrected chi connectivity index (χ0v) is 8.75. The summed E-state index contributed by atoms with van der Waals surface area (Å²) >= 11 is 6.53. The maximum atomic E-state index is 11.2. The van der Waals surface area contributed by atoms with Crippen molar-refractivity contribution in [2.24, 2.45) is 0 Å². The molecule has 0 aromatic heterocycles. The Morgan fingerprint density at radius 3 is 2.77 bits per heavy atom. The van der Waals surface area contributed by atoms with Crippen molar-refractivity contribution in [1.82, 2.24) is 4.72 Å². The third-order valence-electron chi connectivity index (χ3n) is 1.23. The number of rotatable bonds is 3. The van der Waals surface area contributed by atoms with E-state index in [1.54, 1.807) is 10.8 Å². The Morgan fingerprint density at radius 1 is 1.54 bits per heavy atom. The van der Waals surface area contributed by atoms with Gasteiger partial charge in [-0.05, 0) is 6.42 Å². The van der Waals surface area contributed by atoms with E-state index in [4.69, 9.17) is 11.6 Å². The van der Waals surface area contributed by atoms with Gasteiger partial charge in [-0.25, -0.2) is 8.42 Å². The molecule has 0 unspecified atom stereocenters. The van der Waals surface area contributed by atoms with Gasteiger partial charge in [0.25, 0.3) is 10.0 Å². The second-order valence-corrected chi connectivity index (χ2v) is 5.76. The fraction of sp³-hybridized carbons (Fsp3) is 0.167. The maximum absolute atomic E-state index is 11.2. The molecule has 72 valence electrons. The first kappa shape index (κ1) is 10.6. The number of amides is 1. The van der Waals surface area contributed by atoms with E-state index in [0.29, 0.717) is 10.8 Å². The first-order chi connectivity index (χ1) is 6.06. The van der Waals surface area contributed by atoms with Gasteiger partial charge >= 0.3 is 0 Å². The van der Waals surface area contributed by atoms with E-state index in [-0.39, 0.29) is 10.6 Å². The Morgan fingerprint density at radius 2 is 2.23 bits per heavy atom. The van der Waals surface area contributed by atoms with Crippen molar-refractivity contribution in [3.8, 4) is 0 Å². The summed E-state index contributed by atoms with van der Waals surface area (Å²) in [6, 6.07) is 0. The van der Waals surface area contributed by atoms with Gasteiger partial charge in [-0.2, -0.15) is 0 Å². The van der Waals surface area contributed by atoms with Crippen molar-refractivity contribution in [3.63, 3.8) is 0 Å². The van der Waals surface area contributed by atoms with Crippen LogP contribution in [0, 0.1) is 0 Å². The molecule has 1 N–H and O–H groups in total. The van der Waals surface area contributed by atoms with Gasteiger partial charge in [0.1, 0.15) is 4.24 Å². The highest BCUT2D eigenvalue weighted by atomic mass is 35.5. The summed E-state index contributed by atoms with van der Waals surface area (Å²) < 4.78 is 24.6. The van der Waals surface area contributed by atoms with Gasteiger partial charge in [0.05, 0.1) is 4.36 Å². The molecule has 7 heteroatoms. The molecule has 0 spiro atoms. The number of carbonyl (C=O) groups excluding carboxylic acids is 1. The molecule has 1 amide bonds. The van der Waals surface area contributed by atoms with Crippen LogP contribution in [-0.4, -0.2) is 14.8 Å². The lowest BCUT2D eigenvalue weighted by Crippen LogP contribution is -2.22. The van der Waals surface area contributed by atoms with Crippen LogP contribution < -0.4 is 4.72 Å². The lowest BCUT2D eigenvalue weighted by molar-refractivity contribution is -0.108. The van der Waals surface area contributed by atoms with Crippen LogP contribution in [0.3, 0.4) is 0 Å². The predicted octanol–water partition coefficient (Wildman–Crippen LogP) is 1.12. The number of carbonyl (C=O) groups is 1. The summed E-state index contributed by atoms with van der Waals surface area (Å²) in [5.74, 6) is 0. The van der Waals surface area contributed by atoms with Gasteiger partial charge in [0.15, 0.2) is 0 Å². The summed E-state index contributed by atoms with van der Waals surface area (Å²) in [6.45, 7) is 0. The lowest BCUT2D eigenvalue weighted by Gasteiger charge is -2.09. The number of thioether (sulfide) groups is 1. The molecule has 0 aliphatic carbocycles. The monoisotopic (exact) mass is 239 g/mol. The number of hydrogen-bond donors (Lipinski definition) is 1. The Labute approximate surface area is 85.1 Å². The molecular weight excluding hydrogens is 234 g/mol. The van der Waals surface area contributed by atoms with Crippen LogP contribution in [0.4, 0.5) is 0 Å². The Balaban J connectivity index is 2.85. The molecule has 1 rings (SSSR count). The highest BCUT2D eigenvalue weighted by Crippen LogP contribution is 2.35. The SMILES string of the molecule is O=CNS(=O)(=O)C1=CCC=C(Cl)S1. The first-order valence-corrected chi connectivity index (χ1v) is 5.93. The summed E-state index contributed by atoms with van der Waals surface area (Å²) in [6.07, 6.45) is 3.76. The standard InChI is InChI=1S/C6H6ClNO3S2/c7-5-2-1-3-6(12-5)13(10,11)8-4-9/h2-4H,1H2,(H,8,9). The van der Waals surface area contributed by atoms with E-state index in [2.05, 4.69) is 0 Å². The van der Waals surface area contributed by atoms with Crippen LogP contribution in [0.25, 0.3) is 0 Å². The number of allylic oxidation sites excluding steroid dienone is 2. The quantitative estimate of drug-likeness (QED) is 0.750. The van der Waals surface area contributed by atoms with Crippen LogP contribution in [0.2, 0.25) is 0 Å². The third-order valence-corrected chi connectivity index (χ3v) is 4.36. The van der Waals surface area contributed by atoms with Gasteiger partial charge in [0, 0.05) is 0 Å². The van der Waals surface area contributed by atoms with Gasteiger partial charge < -0.3 is 0 Å². The van der Waals surface area contributed by atoms with Crippen molar-refractivity contribution >= 4 is 39.8 Å². The minimum Gasteiger partial charge on any atom is -0.278 e. The zero-order valence-electron chi connectivity index (χ0n) is 6.36. The van der Waals surface area contributed by atoms with E-state index in [0.717, 1.165) is 11.8 Å². The summed E-state index contributed by atoms with van der Waals surface area (Å²) in [5.41, 5.74) is 0. The molecular formula is C6H6ClNO3S2. The number of sulfonamides is 1. The molecule has 0 saturated heterocycles. The molecule has 4 nitrogen and oxygen atoms in total. The van der Waals surface area contributed by atoms with Gasteiger partial charge in [-0.1, -0.05) is 35.5 Å². The minimum atomic E-state index is -3.69. The summed E-state index contributed by atoms with van der Waals surface area (Å²) in [7, 11) is -3.69. The van der Waals surface area contributed by atoms with Crippen molar-refractivity contribution in [1.29, 1.82) is 0 Å². The van der Waals surface area contributed by atoms with Crippen molar-refractivity contribution in [3.05, 3.63) is 20.8 Å². The molecule has 1 aliphatic rings. The summed E-state index contributed by atoms with van der Waals surface area (Å²) in [4.78, 5) is 9.97. The Bertz CT molecular complexity index is 371. The molecule has 0 bridgehead atoms. The lowest BCUT2D eigenvalue weighted by atomic mass is 10.4. The Hall–Kier alpha value is -0.460. The molecule has 0 saturated carbocycles. The van der Waals surface area contributed by atoms with Crippen LogP contribution in [0.5, 0.6) is 0 Å². The van der Waals surface area contributed by atoms with Gasteiger partial charge in [0.2, 0.25) is 6.41 Å². The van der Waals surface area contributed by atoms with Gasteiger partial charge in [-0.15, -0.1) is 0 Å². The molecule has 0 atom stereocenters. The fourth-order valence-electron chi connectivity index (χ4n) is 0.713. The van der Waals surface area contributed by atoms with Crippen molar-refractivity contribution < 1.29 is 13.2 Å². The van der Waals surface area contributed by atoms with E-state index >= 15 is 0 Å². The maximum Gasteiger partial charge on any atom is 0.269 e. The fourth-order valence-corrected chi connectivity index (χ4v) is 3.15. The van der Waals surface area contributed by atoms with E-state index in [1.807, 2.05) is 0 Å². The molecule has 0 aromatic carbocycles. The van der Waals surface area contributed by atoms with Crippen LogP contribution in [0.15, 0.2) is 20.8 Å². The largest absolute Gasteiger partial charge is 0.278 e. The third kappa shape index (κ3) is 2.75. The summed E-state index contributed by atoms with van der Waals surface area (Å²) in [5, 5.41) is 0. The first-order valence-electron chi connectivity index (χ1n) is 3.26. The Kier molecular flexibility index (Phi) is 3.40. The van der Waals surface area contributed by atoms with E-state index in [9.17, 15) is 13.2 Å². The highest BCUT2D eigenvalue weighted by molar-refractivity contribution is 8.21. The van der Waals surface area contributed by atoms with Crippen LogP contribution in [0.1, 0.15) is 6.42 Å². The molecule has 0 fully saturated rings. The highest BCUT2D eigenvalue weighted by Gasteiger charge is 2.20.